The van der Waals surface area contributed by atoms with Gasteiger partial charge in [-0.25, -0.2) is 8.42 Å². The minimum Gasteiger partial charge on any atom is -0.490 e. The van der Waals surface area contributed by atoms with E-state index in [-0.39, 0.29) is 24.0 Å². The number of hydrogen-bond donors (Lipinski definition) is 1. The van der Waals surface area contributed by atoms with Gasteiger partial charge in [0.2, 0.25) is 0 Å². The van der Waals surface area contributed by atoms with E-state index in [1.54, 1.807) is 25.1 Å². The molecule has 1 saturated heterocycles. The van der Waals surface area contributed by atoms with Crippen molar-refractivity contribution in [2.45, 2.75) is 25.8 Å². The molecule has 0 saturated carbocycles. The summed E-state index contributed by atoms with van der Waals surface area (Å²) in [5.74, 6) is 0.807. The minimum absolute atomic E-state index is 0.0265. The molecule has 0 aliphatic carbocycles. The molecule has 1 fully saturated rings. The monoisotopic (exact) mass is 327 g/mol. The lowest BCUT2D eigenvalue weighted by atomic mass is 10.0. The van der Waals surface area contributed by atoms with Crippen molar-refractivity contribution < 1.29 is 22.7 Å². The Hall–Kier alpha value is -1.76. The fraction of sp³-hybridized carbons (Fsp3) is 0.533. The van der Waals surface area contributed by atoms with Gasteiger partial charge in [0, 0.05) is 0 Å². The molecule has 7 heteroatoms. The highest BCUT2D eigenvalue weighted by Gasteiger charge is 2.39. The van der Waals surface area contributed by atoms with E-state index in [4.69, 9.17) is 9.47 Å². The van der Waals surface area contributed by atoms with Crippen LogP contribution < -0.4 is 14.8 Å². The van der Waals surface area contributed by atoms with Gasteiger partial charge < -0.3 is 14.8 Å². The summed E-state index contributed by atoms with van der Waals surface area (Å²) in [5, 5.41) is 2.75. The number of amides is 1. The molecule has 122 valence electrons. The summed E-state index contributed by atoms with van der Waals surface area (Å²) >= 11 is 0. The van der Waals surface area contributed by atoms with E-state index in [0.717, 1.165) is 0 Å². The average molecular weight is 327 g/mol. The molecule has 1 heterocycles. The zero-order valence-corrected chi connectivity index (χ0v) is 13.6. The molecule has 0 radical (unpaired) electrons. The van der Waals surface area contributed by atoms with Crippen molar-refractivity contribution in [1.29, 1.82) is 0 Å². The number of hydrogen-bond acceptors (Lipinski definition) is 5. The Balaban J connectivity index is 1.91. The number of sulfone groups is 1. The molecule has 1 N–H and O–H groups in total. The SMILES string of the molecule is CCOc1ccccc1OCC(=O)N[C@@]1(C)CCS(=O)(=O)C1. The van der Waals surface area contributed by atoms with Crippen molar-refractivity contribution in [3.63, 3.8) is 0 Å². The highest BCUT2D eigenvalue weighted by Crippen LogP contribution is 2.26. The molecule has 1 aromatic rings. The van der Waals surface area contributed by atoms with Gasteiger partial charge in [-0.2, -0.15) is 0 Å². The first-order valence-corrected chi connectivity index (χ1v) is 9.02. The summed E-state index contributed by atoms with van der Waals surface area (Å²) in [6.07, 6.45) is 0.427. The lowest BCUT2D eigenvalue weighted by molar-refractivity contribution is -0.124. The number of carbonyl (C=O) groups excluding carboxylic acids is 1. The van der Waals surface area contributed by atoms with E-state index in [9.17, 15) is 13.2 Å². The Morgan fingerprint density at radius 3 is 2.45 bits per heavy atom. The second-order valence-corrected chi connectivity index (χ2v) is 7.80. The van der Waals surface area contributed by atoms with Crippen molar-refractivity contribution in [1.82, 2.24) is 5.32 Å². The van der Waals surface area contributed by atoms with Crippen LogP contribution in [0.2, 0.25) is 0 Å². The maximum atomic E-state index is 12.0. The topological polar surface area (TPSA) is 81.7 Å². The molecule has 0 aromatic heterocycles. The zero-order valence-electron chi connectivity index (χ0n) is 12.8. The first-order chi connectivity index (χ1) is 10.3. The predicted octanol–water partition coefficient (Wildman–Crippen LogP) is 1.16. The van der Waals surface area contributed by atoms with E-state index in [1.807, 2.05) is 13.0 Å². The Morgan fingerprint density at radius 2 is 1.91 bits per heavy atom. The Bertz CT molecular complexity index is 643. The fourth-order valence-corrected chi connectivity index (χ4v) is 4.56. The van der Waals surface area contributed by atoms with Gasteiger partial charge in [0.1, 0.15) is 0 Å². The fourth-order valence-electron chi connectivity index (χ4n) is 2.47. The van der Waals surface area contributed by atoms with E-state index in [1.165, 1.54) is 0 Å². The van der Waals surface area contributed by atoms with Gasteiger partial charge in [-0.3, -0.25) is 4.79 Å². The second-order valence-electron chi connectivity index (χ2n) is 5.62. The lowest BCUT2D eigenvalue weighted by Gasteiger charge is -2.24. The number of benzene rings is 1. The summed E-state index contributed by atoms with van der Waals surface area (Å²) in [5.41, 5.74) is -0.710. The number of rotatable bonds is 6. The van der Waals surface area contributed by atoms with Crippen LogP contribution in [0, 0.1) is 0 Å². The van der Waals surface area contributed by atoms with Crippen LogP contribution in [0.15, 0.2) is 24.3 Å². The third-order valence-electron chi connectivity index (χ3n) is 3.45. The van der Waals surface area contributed by atoms with Gasteiger partial charge in [0.05, 0.1) is 23.7 Å². The zero-order chi connectivity index (χ0) is 16.2. The third-order valence-corrected chi connectivity index (χ3v) is 5.36. The van der Waals surface area contributed by atoms with Crippen LogP contribution in [0.1, 0.15) is 20.3 Å². The molecule has 0 bridgehead atoms. The quantitative estimate of drug-likeness (QED) is 0.848. The van der Waals surface area contributed by atoms with Crippen molar-refractivity contribution in [3.05, 3.63) is 24.3 Å². The van der Waals surface area contributed by atoms with Gasteiger partial charge in [0.15, 0.2) is 27.9 Å². The van der Waals surface area contributed by atoms with Crippen LogP contribution in [0.4, 0.5) is 0 Å². The van der Waals surface area contributed by atoms with Crippen LogP contribution in [0.25, 0.3) is 0 Å². The van der Waals surface area contributed by atoms with E-state index in [2.05, 4.69) is 5.32 Å². The molecule has 0 spiro atoms. The lowest BCUT2D eigenvalue weighted by Crippen LogP contribution is -2.48. The normalized spacial score (nSPS) is 23.0. The van der Waals surface area contributed by atoms with Crippen molar-refractivity contribution >= 4 is 15.7 Å². The van der Waals surface area contributed by atoms with Crippen LogP contribution >= 0.6 is 0 Å². The van der Waals surface area contributed by atoms with Gasteiger partial charge in [-0.15, -0.1) is 0 Å². The molecule has 0 unspecified atom stereocenters. The first-order valence-electron chi connectivity index (χ1n) is 7.20. The number of ether oxygens (including phenoxy) is 2. The number of para-hydroxylation sites is 2. The van der Waals surface area contributed by atoms with Gasteiger partial charge in [-0.1, -0.05) is 12.1 Å². The number of carbonyl (C=O) groups is 1. The van der Waals surface area contributed by atoms with E-state index in [0.29, 0.717) is 24.5 Å². The highest BCUT2D eigenvalue weighted by molar-refractivity contribution is 7.91. The van der Waals surface area contributed by atoms with E-state index >= 15 is 0 Å². The largest absolute Gasteiger partial charge is 0.490 e. The number of nitrogens with one attached hydrogen (secondary N) is 1. The minimum atomic E-state index is -3.06. The molecule has 1 aliphatic rings. The van der Waals surface area contributed by atoms with Crippen LogP contribution in [0.5, 0.6) is 11.5 Å². The molecule has 1 aromatic carbocycles. The van der Waals surface area contributed by atoms with Gasteiger partial charge >= 0.3 is 0 Å². The smallest absolute Gasteiger partial charge is 0.258 e. The summed E-state index contributed by atoms with van der Waals surface area (Å²) in [6, 6.07) is 7.10. The molecular weight excluding hydrogens is 306 g/mol. The molecule has 2 rings (SSSR count). The summed E-state index contributed by atoms with van der Waals surface area (Å²) in [4.78, 5) is 12.0. The molecular formula is C15H21NO5S. The highest BCUT2D eigenvalue weighted by atomic mass is 32.2. The summed E-state index contributed by atoms with van der Waals surface area (Å²) < 4.78 is 33.9. The van der Waals surface area contributed by atoms with Crippen LogP contribution in [-0.2, 0) is 14.6 Å². The Kier molecular flexibility index (Phi) is 4.95. The van der Waals surface area contributed by atoms with E-state index < -0.39 is 15.4 Å². The summed E-state index contributed by atoms with van der Waals surface area (Å²) in [6.45, 7) is 3.93. The van der Waals surface area contributed by atoms with Gasteiger partial charge in [0.25, 0.3) is 5.91 Å². The average Bonchev–Trinajstić information content (AvgIpc) is 2.72. The molecule has 1 aliphatic heterocycles. The van der Waals surface area contributed by atoms with Crippen LogP contribution in [-0.4, -0.2) is 44.6 Å². The molecule has 6 nitrogen and oxygen atoms in total. The molecule has 1 atom stereocenters. The third kappa shape index (κ3) is 4.37. The maximum Gasteiger partial charge on any atom is 0.258 e. The van der Waals surface area contributed by atoms with Crippen molar-refractivity contribution in [2.24, 2.45) is 0 Å². The van der Waals surface area contributed by atoms with Crippen LogP contribution in [0.3, 0.4) is 0 Å². The second kappa shape index (κ2) is 6.56. The Morgan fingerprint density at radius 1 is 1.27 bits per heavy atom. The summed E-state index contributed by atoms with van der Waals surface area (Å²) in [7, 11) is -3.06. The van der Waals surface area contributed by atoms with Crippen molar-refractivity contribution in [2.75, 3.05) is 24.7 Å². The Labute approximate surface area is 130 Å². The van der Waals surface area contributed by atoms with Gasteiger partial charge in [-0.05, 0) is 32.4 Å². The molecule has 22 heavy (non-hydrogen) atoms. The standard InChI is InChI=1S/C15H21NO5S/c1-3-20-12-6-4-5-7-13(12)21-10-14(17)16-15(2)8-9-22(18,19)11-15/h4-7H,3,8-11H2,1-2H3,(H,16,17)/t15-/m0/s1. The predicted molar refractivity (Wildman–Crippen MR) is 82.9 cm³/mol. The maximum absolute atomic E-state index is 12.0. The molecule has 1 amide bonds. The first kappa shape index (κ1) is 16.6. The van der Waals surface area contributed by atoms with Crippen molar-refractivity contribution in [3.8, 4) is 11.5 Å².